The molecule has 0 amide bonds. The second kappa shape index (κ2) is 56.1. The normalized spacial score (nSPS) is 13.9. The predicted octanol–water partition coefficient (Wildman–Crippen LogP) is 17.7. The van der Waals surface area contributed by atoms with Gasteiger partial charge >= 0.3 is 25.7 Å². The van der Waals surface area contributed by atoms with Crippen molar-refractivity contribution in [2.45, 2.75) is 277 Å². The Labute approximate surface area is 452 Å². The third kappa shape index (κ3) is 53.7. The first-order valence-electron chi connectivity index (χ1n) is 29.8. The van der Waals surface area contributed by atoms with Crippen molar-refractivity contribution in [3.05, 3.63) is 72.9 Å². The van der Waals surface area contributed by atoms with Crippen LogP contribution in [0.15, 0.2) is 72.9 Å². The summed E-state index contributed by atoms with van der Waals surface area (Å²) < 4.78 is 39.4. The molecule has 2 N–H and O–H groups in total. The third-order valence-electron chi connectivity index (χ3n) is 12.7. The van der Waals surface area contributed by atoms with Gasteiger partial charge in [-0.25, -0.2) is 4.57 Å². The maximum Gasteiger partial charge on any atom is 0.472 e. The van der Waals surface area contributed by atoms with E-state index in [1.165, 1.54) is 128 Å². The molecule has 3 atom stereocenters. The number of esters is 3. The third-order valence-corrected chi connectivity index (χ3v) is 13.6. The van der Waals surface area contributed by atoms with Crippen LogP contribution < -0.4 is 0 Å². The molecule has 11 nitrogen and oxygen atoms in total. The molecule has 428 valence electrons. The number of carbonyl (C=O) groups excluding carboxylic acids is 3. The lowest BCUT2D eigenvalue weighted by atomic mass is 10.0. The van der Waals surface area contributed by atoms with Crippen LogP contribution in [0.2, 0.25) is 0 Å². The molecule has 12 heteroatoms. The van der Waals surface area contributed by atoms with E-state index in [0.717, 1.165) is 77.0 Å². The lowest BCUT2D eigenvalue weighted by Gasteiger charge is -2.21. The Morgan fingerprint density at radius 3 is 1.05 bits per heavy atom. The fourth-order valence-corrected chi connectivity index (χ4v) is 8.93. The second-order valence-electron chi connectivity index (χ2n) is 19.8. The van der Waals surface area contributed by atoms with E-state index in [9.17, 15) is 28.9 Å². The van der Waals surface area contributed by atoms with E-state index in [4.69, 9.17) is 23.3 Å². The molecule has 0 aliphatic rings. The molecule has 0 fully saturated rings. The van der Waals surface area contributed by atoms with Crippen molar-refractivity contribution in [2.75, 3.05) is 26.4 Å². The highest BCUT2D eigenvalue weighted by molar-refractivity contribution is 7.47. The number of ether oxygens (including phenoxy) is 3. The highest BCUT2D eigenvalue weighted by atomic mass is 31.2. The number of rotatable bonds is 55. The molecule has 0 spiro atoms. The predicted molar refractivity (Wildman–Crippen MR) is 307 cm³/mol. The van der Waals surface area contributed by atoms with E-state index >= 15 is 0 Å². The minimum atomic E-state index is -4.76. The summed E-state index contributed by atoms with van der Waals surface area (Å²) in [7, 11) is -4.76. The van der Waals surface area contributed by atoms with Crippen molar-refractivity contribution in [2.24, 2.45) is 0 Å². The first-order valence-corrected chi connectivity index (χ1v) is 31.3. The highest BCUT2D eigenvalue weighted by Gasteiger charge is 2.28. The Kier molecular flexibility index (Phi) is 53.8. The molecule has 0 heterocycles. The van der Waals surface area contributed by atoms with Gasteiger partial charge in [-0.15, -0.1) is 0 Å². The molecule has 0 aromatic rings. The van der Waals surface area contributed by atoms with Crippen molar-refractivity contribution in [3.8, 4) is 0 Å². The Bertz CT molecular complexity index is 1520. The maximum absolute atomic E-state index is 12.9. The van der Waals surface area contributed by atoms with E-state index in [2.05, 4.69) is 81.5 Å². The standard InChI is InChI=1S/C62H109O11P/c1-4-7-10-13-16-19-21-23-25-27-29-31-33-35-37-40-42-45-48-51-60(64)69-55-59(57-71-74(67,68)70-56-58(54-63)72-61(65)52-49-46-43-39-18-15-12-9-6-3)73-62(66)53-50-47-44-41-38-36-34-32-30-28-26-24-22-20-17-14-11-8-5-2/h7,10,16,19,23,25,29,31,35,37,42,45,58-59,63H,4-6,8-9,11-15,17-18,20-22,24,26-28,30,32-34,36,38-41,43-44,46-57H2,1-3H3,(H,67,68)/b10-7-,19-16-,25-23-,31-29-,37-35-,45-42-. The van der Waals surface area contributed by atoms with Crippen molar-refractivity contribution >= 4 is 25.7 Å². The van der Waals surface area contributed by atoms with E-state index < -0.39 is 57.8 Å². The van der Waals surface area contributed by atoms with Crippen molar-refractivity contribution in [1.82, 2.24) is 0 Å². The fourth-order valence-electron chi connectivity index (χ4n) is 8.15. The monoisotopic (exact) mass is 1060 g/mol. The maximum atomic E-state index is 12.9. The zero-order valence-electron chi connectivity index (χ0n) is 47.3. The van der Waals surface area contributed by atoms with E-state index in [-0.39, 0.29) is 25.9 Å². The largest absolute Gasteiger partial charge is 0.472 e. The van der Waals surface area contributed by atoms with Crippen LogP contribution >= 0.6 is 7.82 Å². The van der Waals surface area contributed by atoms with Crippen LogP contribution in [0.4, 0.5) is 0 Å². The minimum Gasteiger partial charge on any atom is -0.462 e. The van der Waals surface area contributed by atoms with Crippen LogP contribution in [0.1, 0.15) is 265 Å². The van der Waals surface area contributed by atoms with Crippen molar-refractivity contribution in [3.63, 3.8) is 0 Å². The van der Waals surface area contributed by atoms with Gasteiger partial charge in [0, 0.05) is 19.3 Å². The molecule has 0 saturated heterocycles. The molecular weight excluding hydrogens is 952 g/mol. The first-order chi connectivity index (χ1) is 36.2. The van der Waals surface area contributed by atoms with Crippen LogP contribution in [0.5, 0.6) is 0 Å². The smallest absolute Gasteiger partial charge is 0.462 e. The summed E-state index contributed by atoms with van der Waals surface area (Å²) in [4.78, 5) is 48.5. The molecule has 0 aromatic carbocycles. The summed E-state index contributed by atoms with van der Waals surface area (Å²) in [6.45, 7) is 4.45. The number of phosphoric acid groups is 1. The van der Waals surface area contributed by atoms with Gasteiger partial charge in [-0.2, -0.15) is 0 Å². The topological polar surface area (TPSA) is 155 Å². The SMILES string of the molecule is CC/C=C\C/C=C\C/C=C\C/C=C\C/C=C\C/C=C\CCC(=O)OCC(COP(=O)(O)OCC(CO)OC(=O)CCCCCCCCCCC)OC(=O)CCCCCCCCCCCCCCCCCCCCC. The number of unbranched alkanes of at least 4 members (excludes halogenated alkanes) is 26. The summed E-state index contributed by atoms with van der Waals surface area (Å²) in [5.74, 6) is -1.56. The average Bonchev–Trinajstić information content (AvgIpc) is 3.39. The average molecular weight is 1060 g/mol. The van der Waals surface area contributed by atoms with Crippen LogP contribution in [0, 0.1) is 0 Å². The Morgan fingerprint density at radius 2 is 0.703 bits per heavy atom. The lowest BCUT2D eigenvalue weighted by Crippen LogP contribution is -2.30. The number of allylic oxidation sites excluding steroid dienone is 12. The summed E-state index contributed by atoms with van der Waals surface area (Å²) in [5.41, 5.74) is 0. The van der Waals surface area contributed by atoms with Crippen LogP contribution in [0.25, 0.3) is 0 Å². The van der Waals surface area contributed by atoms with Crippen LogP contribution in [-0.4, -0.2) is 66.5 Å². The quantitative estimate of drug-likeness (QED) is 0.0197. The summed E-state index contributed by atoms with van der Waals surface area (Å²) in [6.07, 6.45) is 63.2. The van der Waals surface area contributed by atoms with Crippen LogP contribution in [-0.2, 0) is 42.2 Å². The second-order valence-corrected chi connectivity index (χ2v) is 21.2. The molecule has 0 aromatic heterocycles. The van der Waals surface area contributed by atoms with Crippen LogP contribution in [0.3, 0.4) is 0 Å². The number of hydrogen-bond donors (Lipinski definition) is 2. The number of phosphoric ester groups is 1. The van der Waals surface area contributed by atoms with Gasteiger partial charge in [-0.05, 0) is 57.8 Å². The van der Waals surface area contributed by atoms with Gasteiger partial charge in [0.15, 0.2) is 6.10 Å². The van der Waals surface area contributed by atoms with Crippen molar-refractivity contribution in [1.29, 1.82) is 0 Å². The van der Waals surface area contributed by atoms with Crippen molar-refractivity contribution < 1.29 is 52.2 Å². The summed E-state index contributed by atoms with van der Waals surface area (Å²) in [5, 5.41) is 9.78. The summed E-state index contributed by atoms with van der Waals surface area (Å²) in [6, 6.07) is 0. The van der Waals surface area contributed by atoms with E-state index in [1.807, 2.05) is 12.2 Å². The molecule has 3 unspecified atom stereocenters. The molecule has 74 heavy (non-hydrogen) atoms. The molecule has 0 bridgehead atoms. The Balaban J connectivity index is 4.78. The summed E-state index contributed by atoms with van der Waals surface area (Å²) >= 11 is 0. The van der Waals surface area contributed by atoms with Gasteiger partial charge in [-0.1, -0.05) is 261 Å². The van der Waals surface area contributed by atoms with E-state index in [0.29, 0.717) is 19.3 Å². The van der Waals surface area contributed by atoms with Gasteiger partial charge in [-0.3, -0.25) is 23.4 Å². The van der Waals surface area contributed by atoms with E-state index in [1.54, 1.807) is 0 Å². The number of hydrogen-bond acceptors (Lipinski definition) is 10. The number of carbonyl (C=O) groups is 3. The molecule has 0 rings (SSSR count). The lowest BCUT2D eigenvalue weighted by molar-refractivity contribution is -0.161. The zero-order valence-corrected chi connectivity index (χ0v) is 48.2. The molecule has 0 aliphatic heterocycles. The Morgan fingerprint density at radius 1 is 0.392 bits per heavy atom. The zero-order chi connectivity index (χ0) is 54.1. The molecule has 0 aliphatic carbocycles. The molecule has 0 saturated carbocycles. The van der Waals surface area contributed by atoms with Gasteiger partial charge in [0.2, 0.25) is 0 Å². The first kappa shape index (κ1) is 70.9. The number of aliphatic hydroxyl groups excluding tert-OH is 1. The van der Waals surface area contributed by atoms with Gasteiger partial charge < -0.3 is 24.2 Å². The Hall–Kier alpha value is -3.08. The fraction of sp³-hybridized carbons (Fsp3) is 0.758. The number of aliphatic hydroxyl groups is 1. The minimum absolute atomic E-state index is 0.102. The van der Waals surface area contributed by atoms with Gasteiger partial charge in [0.05, 0.1) is 19.8 Å². The van der Waals surface area contributed by atoms with Gasteiger partial charge in [0.1, 0.15) is 12.7 Å². The van der Waals surface area contributed by atoms with Gasteiger partial charge in [0.25, 0.3) is 0 Å². The molecule has 0 radical (unpaired) electrons. The molecular formula is C62H109O11P. The highest BCUT2D eigenvalue weighted by Crippen LogP contribution is 2.43.